The van der Waals surface area contributed by atoms with Gasteiger partial charge in [-0.05, 0) is 79.9 Å². The predicted molar refractivity (Wildman–Crippen MR) is 231 cm³/mol. The third kappa shape index (κ3) is 5.20. The average molecular weight is 731 g/mol. The second kappa shape index (κ2) is 13.2. The highest BCUT2D eigenvalue weighted by Gasteiger charge is 2.50. The molecule has 3 heteroatoms. The molecule has 1 spiro atoms. The van der Waals surface area contributed by atoms with E-state index in [9.17, 15) is 0 Å². The number of nitrogens with zero attached hydrogens (tertiary/aromatic N) is 2. The zero-order valence-electron chi connectivity index (χ0n) is 30.4. The van der Waals surface area contributed by atoms with Crippen molar-refractivity contribution in [2.45, 2.75) is 15.2 Å². The Morgan fingerprint density at radius 2 is 0.768 bits per heavy atom. The topological polar surface area (TPSA) is 25.8 Å². The molecule has 0 atom stereocenters. The van der Waals surface area contributed by atoms with Crippen molar-refractivity contribution in [3.8, 4) is 67.3 Å². The fraction of sp³-hybridized carbons (Fsp3) is 0.0189. The highest BCUT2D eigenvalue weighted by atomic mass is 32.2. The van der Waals surface area contributed by atoms with E-state index >= 15 is 0 Å². The van der Waals surface area contributed by atoms with Crippen LogP contribution in [0.25, 0.3) is 67.3 Å². The first-order valence-electron chi connectivity index (χ1n) is 19.1. The van der Waals surface area contributed by atoms with Gasteiger partial charge in [-0.15, -0.1) is 0 Å². The molecule has 0 bridgehead atoms. The zero-order valence-corrected chi connectivity index (χ0v) is 31.2. The molecule has 2 nitrogen and oxygen atoms in total. The maximum Gasteiger partial charge on any atom is 0.160 e. The second-order valence-electron chi connectivity index (χ2n) is 14.5. The van der Waals surface area contributed by atoms with Crippen LogP contribution in [0.15, 0.2) is 216 Å². The van der Waals surface area contributed by atoms with Crippen molar-refractivity contribution in [1.82, 2.24) is 9.97 Å². The van der Waals surface area contributed by atoms with E-state index in [1.807, 2.05) is 23.9 Å². The van der Waals surface area contributed by atoms with Gasteiger partial charge in [0, 0.05) is 26.5 Å². The van der Waals surface area contributed by atoms with Gasteiger partial charge in [-0.3, -0.25) is 0 Å². The summed E-state index contributed by atoms with van der Waals surface area (Å²) in [7, 11) is 0. The Morgan fingerprint density at radius 1 is 0.304 bits per heavy atom. The van der Waals surface area contributed by atoms with Crippen LogP contribution >= 0.6 is 11.8 Å². The summed E-state index contributed by atoms with van der Waals surface area (Å²) in [5.74, 6) is 0.710. The van der Waals surface area contributed by atoms with E-state index in [0.717, 1.165) is 39.2 Å². The van der Waals surface area contributed by atoms with Crippen LogP contribution in [0.3, 0.4) is 0 Å². The first kappa shape index (κ1) is 32.6. The number of benzene rings is 8. The lowest BCUT2D eigenvalue weighted by Crippen LogP contribution is -2.31. The lowest BCUT2D eigenvalue weighted by molar-refractivity contribution is 0.722. The van der Waals surface area contributed by atoms with Crippen molar-refractivity contribution >= 4 is 11.8 Å². The Balaban J connectivity index is 0.962. The van der Waals surface area contributed by atoms with E-state index in [1.165, 1.54) is 54.3 Å². The minimum absolute atomic E-state index is 0.357. The van der Waals surface area contributed by atoms with Gasteiger partial charge in [-0.1, -0.05) is 194 Å². The number of hydrogen-bond donors (Lipinski definition) is 0. The zero-order chi connectivity index (χ0) is 37.1. The third-order valence-electron chi connectivity index (χ3n) is 11.4. The third-order valence-corrected chi connectivity index (χ3v) is 12.5. The van der Waals surface area contributed by atoms with Crippen molar-refractivity contribution in [1.29, 1.82) is 0 Å². The van der Waals surface area contributed by atoms with Crippen LogP contribution in [-0.4, -0.2) is 9.97 Å². The summed E-state index contributed by atoms with van der Waals surface area (Å²) in [6.07, 6.45) is 0. The molecular formula is C53H34N2S. The normalized spacial score (nSPS) is 13.1. The van der Waals surface area contributed by atoms with Gasteiger partial charge in [0.15, 0.2) is 5.82 Å². The summed E-state index contributed by atoms with van der Waals surface area (Å²) >= 11 is 1.89. The first-order valence-corrected chi connectivity index (χ1v) is 19.9. The maximum atomic E-state index is 5.08. The predicted octanol–water partition coefficient (Wildman–Crippen LogP) is 13.6. The summed E-state index contributed by atoms with van der Waals surface area (Å²) in [5.41, 5.74) is 17.4. The summed E-state index contributed by atoms with van der Waals surface area (Å²) in [4.78, 5) is 12.8. The fourth-order valence-corrected chi connectivity index (χ4v) is 10.1. The minimum atomic E-state index is -0.357. The number of rotatable bonds is 5. The number of hydrogen-bond acceptors (Lipinski definition) is 3. The Labute approximate surface area is 331 Å². The molecule has 0 saturated carbocycles. The van der Waals surface area contributed by atoms with Crippen molar-refractivity contribution in [2.75, 3.05) is 0 Å². The van der Waals surface area contributed by atoms with E-state index in [2.05, 4.69) is 194 Å². The monoisotopic (exact) mass is 730 g/mol. The number of aromatic nitrogens is 2. The fourth-order valence-electron chi connectivity index (χ4n) is 8.82. The molecule has 9 aromatic rings. The number of fused-ring (bicyclic) bond motifs is 9. The molecular weight excluding hydrogens is 697 g/mol. The van der Waals surface area contributed by atoms with Crippen molar-refractivity contribution in [3.63, 3.8) is 0 Å². The maximum absolute atomic E-state index is 5.08. The van der Waals surface area contributed by atoms with Gasteiger partial charge < -0.3 is 0 Å². The molecule has 0 radical (unpaired) electrons. The van der Waals surface area contributed by atoms with Crippen LogP contribution in [0.1, 0.15) is 22.3 Å². The molecule has 0 fully saturated rings. The van der Waals surface area contributed by atoms with Crippen LogP contribution in [0.2, 0.25) is 0 Å². The highest BCUT2D eigenvalue weighted by Crippen LogP contribution is 2.62. The van der Waals surface area contributed by atoms with Gasteiger partial charge in [0.2, 0.25) is 0 Å². The molecule has 1 aromatic heterocycles. The van der Waals surface area contributed by atoms with E-state index < -0.39 is 0 Å². The molecule has 11 rings (SSSR count). The molecule has 1 aliphatic carbocycles. The first-order chi connectivity index (χ1) is 27.7. The van der Waals surface area contributed by atoms with Crippen molar-refractivity contribution in [3.05, 3.63) is 229 Å². The Bertz CT molecular complexity index is 2830. The SMILES string of the molecule is c1ccc(-c2cc(-c3ccccc3)nc(-c3cccc(-c4ccc(-c5ccc6c(c5)Sc5ccccc5C65c6ccccc6-c6ccccc65)cc4)c3)n2)cc1. The Hall–Kier alpha value is -6.81. The molecule has 2 heterocycles. The lowest BCUT2D eigenvalue weighted by atomic mass is 9.67. The van der Waals surface area contributed by atoms with E-state index in [0.29, 0.717) is 5.82 Å². The molecule has 0 unspecified atom stereocenters. The molecule has 56 heavy (non-hydrogen) atoms. The summed E-state index contributed by atoms with van der Waals surface area (Å²) < 4.78 is 0. The summed E-state index contributed by atoms with van der Waals surface area (Å²) in [5, 5.41) is 0. The minimum Gasteiger partial charge on any atom is -0.228 e. The van der Waals surface area contributed by atoms with Gasteiger partial charge in [-0.2, -0.15) is 0 Å². The quantitative estimate of drug-likeness (QED) is 0.176. The summed E-state index contributed by atoms with van der Waals surface area (Å²) in [6.45, 7) is 0. The van der Waals surface area contributed by atoms with Crippen LogP contribution in [0.5, 0.6) is 0 Å². The van der Waals surface area contributed by atoms with E-state index in [1.54, 1.807) is 0 Å². The van der Waals surface area contributed by atoms with Crippen molar-refractivity contribution < 1.29 is 0 Å². The molecule has 0 N–H and O–H groups in total. The van der Waals surface area contributed by atoms with E-state index in [-0.39, 0.29) is 5.41 Å². The van der Waals surface area contributed by atoms with Crippen LogP contribution in [0, 0.1) is 0 Å². The van der Waals surface area contributed by atoms with Gasteiger partial charge in [0.25, 0.3) is 0 Å². The standard InChI is InChI=1S/C53H34N2S/c1-3-14-37(15-4-1)48-34-49(38-16-5-2-6-17-38)55-52(54-48)41-19-13-18-39(32-41)35-26-28-36(29-27-35)40-30-31-47-51(33-40)56-50-25-12-11-24-46(50)53(47)44-22-9-7-20-42(44)43-21-8-10-23-45(43)53/h1-34H. The smallest absolute Gasteiger partial charge is 0.160 e. The van der Waals surface area contributed by atoms with E-state index in [4.69, 9.17) is 9.97 Å². The molecule has 0 amide bonds. The second-order valence-corrected chi connectivity index (χ2v) is 15.6. The van der Waals surface area contributed by atoms with Crippen LogP contribution in [-0.2, 0) is 5.41 Å². The molecule has 262 valence electrons. The largest absolute Gasteiger partial charge is 0.228 e. The molecule has 1 aliphatic heterocycles. The highest BCUT2D eigenvalue weighted by molar-refractivity contribution is 7.99. The van der Waals surface area contributed by atoms with Crippen molar-refractivity contribution in [2.24, 2.45) is 0 Å². The van der Waals surface area contributed by atoms with Gasteiger partial charge in [0.05, 0.1) is 16.8 Å². The van der Waals surface area contributed by atoms with Gasteiger partial charge >= 0.3 is 0 Å². The average Bonchev–Trinajstić information content (AvgIpc) is 3.57. The Morgan fingerprint density at radius 3 is 1.39 bits per heavy atom. The van der Waals surface area contributed by atoms with Crippen LogP contribution in [0.4, 0.5) is 0 Å². The lowest BCUT2D eigenvalue weighted by Gasteiger charge is -2.39. The van der Waals surface area contributed by atoms with Gasteiger partial charge in [0.1, 0.15) is 0 Å². The van der Waals surface area contributed by atoms with Gasteiger partial charge in [-0.25, -0.2) is 9.97 Å². The molecule has 8 aromatic carbocycles. The Kier molecular flexibility index (Phi) is 7.68. The summed E-state index contributed by atoms with van der Waals surface area (Å²) in [6, 6.07) is 74.4. The van der Waals surface area contributed by atoms with Crippen LogP contribution < -0.4 is 0 Å². The molecule has 0 saturated heterocycles. The molecule has 2 aliphatic rings.